The van der Waals surface area contributed by atoms with Crippen LogP contribution >= 0.6 is 0 Å². The number of aromatic hydroxyl groups is 1. The monoisotopic (exact) mass is 407 g/mol. The van der Waals surface area contributed by atoms with Crippen LogP contribution in [0.1, 0.15) is 56.2 Å². The van der Waals surface area contributed by atoms with Gasteiger partial charge in [-0.25, -0.2) is 0 Å². The maximum atomic E-state index is 11.4. The molecule has 4 rings (SSSR count). The van der Waals surface area contributed by atoms with Crippen molar-refractivity contribution in [1.29, 1.82) is 0 Å². The molecule has 2 fully saturated rings. The second-order valence-corrected chi connectivity index (χ2v) is 8.62. The van der Waals surface area contributed by atoms with Crippen molar-refractivity contribution in [2.45, 2.75) is 50.7 Å². The number of hydrogen-bond acceptors (Lipinski definition) is 4. The SMILES string of the molecule is CCOc1cc([C@H]2[C@H]3CCCC[C@]3(O)CCN2C/C=C/c2ccccc2)ccc1O. The van der Waals surface area contributed by atoms with Gasteiger partial charge in [0.05, 0.1) is 12.2 Å². The lowest BCUT2D eigenvalue weighted by Crippen LogP contribution is -2.54. The van der Waals surface area contributed by atoms with E-state index in [4.69, 9.17) is 4.74 Å². The van der Waals surface area contributed by atoms with Crippen LogP contribution in [0.5, 0.6) is 11.5 Å². The summed E-state index contributed by atoms with van der Waals surface area (Å²) in [7, 11) is 0. The molecule has 0 bridgehead atoms. The van der Waals surface area contributed by atoms with Gasteiger partial charge >= 0.3 is 0 Å². The lowest BCUT2D eigenvalue weighted by atomic mass is 9.66. The maximum Gasteiger partial charge on any atom is 0.161 e. The number of nitrogens with zero attached hydrogens (tertiary/aromatic N) is 1. The highest BCUT2D eigenvalue weighted by molar-refractivity contribution is 5.49. The van der Waals surface area contributed by atoms with Gasteiger partial charge in [0, 0.05) is 25.0 Å². The van der Waals surface area contributed by atoms with E-state index in [1.807, 2.05) is 25.1 Å². The van der Waals surface area contributed by atoms with Crippen molar-refractivity contribution in [1.82, 2.24) is 4.90 Å². The quantitative estimate of drug-likeness (QED) is 0.693. The van der Waals surface area contributed by atoms with Crippen molar-refractivity contribution in [2.24, 2.45) is 5.92 Å². The molecule has 0 spiro atoms. The van der Waals surface area contributed by atoms with Crippen LogP contribution in [0.25, 0.3) is 6.08 Å². The van der Waals surface area contributed by atoms with E-state index in [1.165, 1.54) is 5.56 Å². The number of ether oxygens (including phenoxy) is 1. The molecule has 0 aromatic heterocycles. The molecule has 1 aliphatic heterocycles. The van der Waals surface area contributed by atoms with E-state index in [0.717, 1.165) is 50.8 Å². The molecule has 3 atom stereocenters. The predicted octanol–water partition coefficient (Wildman–Crippen LogP) is 5.17. The van der Waals surface area contributed by atoms with E-state index < -0.39 is 5.60 Å². The molecule has 0 radical (unpaired) electrons. The minimum atomic E-state index is -0.591. The Labute approximate surface area is 179 Å². The minimum absolute atomic E-state index is 0.115. The van der Waals surface area contributed by atoms with E-state index >= 15 is 0 Å². The summed E-state index contributed by atoms with van der Waals surface area (Å²) in [6.07, 6.45) is 9.40. The third kappa shape index (κ3) is 4.40. The molecule has 1 aliphatic carbocycles. The molecule has 0 unspecified atom stereocenters. The Morgan fingerprint density at radius 1 is 1.13 bits per heavy atom. The number of piperidine rings is 1. The van der Waals surface area contributed by atoms with Gasteiger partial charge in [-0.05, 0) is 49.4 Å². The molecule has 2 N–H and O–H groups in total. The maximum absolute atomic E-state index is 11.4. The summed E-state index contributed by atoms with van der Waals surface area (Å²) in [5.74, 6) is 0.898. The second-order valence-electron chi connectivity index (χ2n) is 8.62. The third-order valence-electron chi connectivity index (χ3n) is 6.75. The van der Waals surface area contributed by atoms with Crippen molar-refractivity contribution in [2.75, 3.05) is 19.7 Å². The van der Waals surface area contributed by atoms with Crippen LogP contribution in [0, 0.1) is 5.92 Å². The van der Waals surface area contributed by atoms with E-state index in [-0.39, 0.29) is 17.7 Å². The lowest BCUT2D eigenvalue weighted by molar-refractivity contribution is -0.122. The van der Waals surface area contributed by atoms with Crippen molar-refractivity contribution < 1.29 is 14.9 Å². The summed E-state index contributed by atoms with van der Waals surface area (Å²) in [6, 6.07) is 16.2. The van der Waals surface area contributed by atoms with Crippen LogP contribution < -0.4 is 4.74 Å². The van der Waals surface area contributed by atoms with E-state index in [1.54, 1.807) is 6.07 Å². The summed E-state index contributed by atoms with van der Waals surface area (Å²) in [5, 5.41) is 21.6. The second kappa shape index (κ2) is 9.23. The Morgan fingerprint density at radius 2 is 1.97 bits per heavy atom. The molecule has 0 amide bonds. The van der Waals surface area contributed by atoms with Crippen LogP contribution in [-0.2, 0) is 0 Å². The molecule has 4 heteroatoms. The zero-order valence-electron chi connectivity index (χ0n) is 17.8. The van der Waals surface area contributed by atoms with Gasteiger partial charge in [0.25, 0.3) is 0 Å². The van der Waals surface area contributed by atoms with Crippen LogP contribution in [0.3, 0.4) is 0 Å². The van der Waals surface area contributed by atoms with Crippen molar-refractivity contribution in [3.63, 3.8) is 0 Å². The molecule has 1 saturated carbocycles. The Kier molecular flexibility index (Phi) is 6.45. The standard InChI is InChI=1S/C26H33NO3/c1-2-30-24-19-21(13-14-23(24)28)25-22-12-6-7-15-26(22,29)16-18-27(25)17-8-11-20-9-4-3-5-10-20/h3-5,8-11,13-14,19,22,25,28-29H,2,6-7,12,15-18H2,1H3/b11-8+/t22-,25+,26+/m1/s1. The smallest absolute Gasteiger partial charge is 0.161 e. The molecular formula is C26H33NO3. The summed E-state index contributed by atoms with van der Waals surface area (Å²) in [4.78, 5) is 2.48. The normalized spacial score (nSPS) is 27.1. The topological polar surface area (TPSA) is 52.9 Å². The van der Waals surface area contributed by atoms with Gasteiger partial charge in [-0.15, -0.1) is 0 Å². The molecule has 160 valence electrons. The fraction of sp³-hybridized carbons (Fsp3) is 0.462. The number of phenols is 1. The van der Waals surface area contributed by atoms with Crippen LogP contribution in [-0.4, -0.2) is 40.4 Å². The molecule has 2 aromatic carbocycles. The molecule has 30 heavy (non-hydrogen) atoms. The molecule has 2 aliphatic rings. The first-order valence-corrected chi connectivity index (χ1v) is 11.2. The average molecular weight is 408 g/mol. The van der Waals surface area contributed by atoms with E-state index in [2.05, 4.69) is 41.3 Å². The van der Waals surface area contributed by atoms with Gasteiger partial charge in [0.1, 0.15) is 0 Å². The zero-order chi connectivity index (χ0) is 21.0. The van der Waals surface area contributed by atoms with Crippen molar-refractivity contribution in [3.8, 4) is 11.5 Å². The van der Waals surface area contributed by atoms with E-state index in [9.17, 15) is 10.2 Å². The predicted molar refractivity (Wildman–Crippen MR) is 121 cm³/mol. The summed E-state index contributed by atoms with van der Waals surface area (Å²) < 4.78 is 5.66. The highest BCUT2D eigenvalue weighted by Gasteiger charge is 2.48. The number of fused-ring (bicyclic) bond motifs is 1. The number of phenolic OH excluding ortho intramolecular Hbond substituents is 1. The van der Waals surface area contributed by atoms with E-state index in [0.29, 0.717) is 12.4 Å². The fourth-order valence-electron chi connectivity index (χ4n) is 5.26. The molecule has 2 aromatic rings. The van der Waals surface area contributed by atoms with Gasteiger partial charge in [-0.2, -0.15) is 0 Å². The number of benzene rings is 2. The Morgan fingerprint density at radius 3 is 2.77 bits per heavy atom. The van der Waals surface area contributed by atoms with Gasteiger partial charge < -0.3 is 14.9 Å². The highest BCUT2D eigenvalue weighted by Crippen LogP contribution is 2.50. The molecule has 1 heterocycles. The molecular weight excluding hydrogens is 374 g/mol. The number of aliphatic hydroxyl groups is 1. The van der Waals surface area contributed by atoms with Gasteiger partial charge in [0.2, 0.25) is 0 Å². The van der Waals surface area contributed by atoms with Crippen molar-refractivity contribution in [3.05, 3.63) is 65.7 Å². The Balaban J connectivity index is 1.63. The van der Waals surface area contributed by atoms with Crippen LogP contribution in [0.4, 0.5) is 0 Å². The summed E-state index contributed by atoms with van der Waals surface area (Å²) >= 11 is 0. The van der Waals surface area contributed by atoms with Gasteiger partial charge in [0.15, 0.2) is 11.5 Å². The Hall–Kier alpha value is -2.30. The lowest BCUT2D eigenvalue weighted by Gasteiger charge is -2.52. The first kappa shape index (κ1) is 21.0. The van der Waals surface area contributed by atoms with Crippen molar-refractivity contribution >= 4 is 6.08 Å². The molecule has 4 nitrogen and oxygen atoms in total. The highest BCUT2D eigenvalue weighted by atomic mass is 16.5. The largest absolute Gasteiger partial charge is 0.504 e. The van der Waals surface area contributed by atoms with Crippen LogP contribution in [0.15, 0.2) is 54.6 Å². The first-order chi connectivity index (χ1) is 14.6. The number of likely N-dealkylation sites (tertiary alicyclic amines) is 1. The van der Waals surface area contributed by atoms with Crippen LogP contribution in [0.2, 0.25) is 0 Å². The average Bonchev–Trinajstić information content (AvgIpc) is 2.76. The first-order valence-electron chi connectivity index (χ1n) is 11.2. The fourth-order valence-corrected chi connectivity index (χ4v) is 5.26. The van der Waals surface area contributed by atoms with Gasteiger partial charge in [-0.1, -0.05) is 61.4 Å². The number of rotatable bonds is 6. The van der Waals surface area contributed by atoms with Gasteiger partial charge in [-0.3, -0.25) is 4.90 Å². The summed E-state index contributed by atoms with van der Waals surface area (Å²) in [5.41, 5.74) is 1.73. The zero-order valence-corrected chi connectivity index (χ0v) is 17.8. The number of hydrogen-bond donors (Lipinski definition) is 2. The Bertz CT molecular complexity index is 866. The third-order valence-corrected chi connectivity index (χ3v) is 6.75. The minimum Gasteiger partial charge on any atom is -0.504 e. The molecule has 1 saturated heterocycles. The summed E-state index contributed by atoms with van der Waals surface area (Å²) in [6.45, 7) is 4.13.